The fourth-order valence-corrected chi connectivity index (χ4v) is 11.6. The molecule has 17 nitrogen and oxygen atoms in total. The molecule has 12 rings (SSSR count). The molecular formula is C59H62F3N15O2. The first-order valence-corrected chi connectivity index (χ1v) is 27.1. The molecule has 79 heavy (non-hydrogen) atoms. The number of halogens is 3. The van der Waals surface area contributed by atoms with Crippen molar-refractivity contribution in [3.8, 4) is 74.9 Å². The summed E-state index contributed by atoms with van der Waals surface area (Å²) in [6.45, 7) is 11.5. The SMILES string of the molecule is CC1CCN(c2cc(-c3ccc(-c4ccc(-c5cc(N6CC[C@@H](C)N(c7ccc(C#N)c(C#CCN8CC9CC8C9)n7)CC6)c(N)nn5)c(O)c4)cc3O)nnc2N)CCN1c1ccc(C(F)(F)F)c(C#CCN2CCCC2)n1. The smallest absolute Gasteiger partial charge is 0.419 e. The van der Waals surface area contributed by atoms with Gasteiger partial charge in [0.05, 0.1) is 47.0 Å². The van der Waals surface area contributed by atoms with Crippen LogP contribution in [-0.4, -0.2) is 140 Å². The van der Waals surface area contributed by atoms with Gasteiger partial charge in [0.2, 0.25) is 0 Å². The number of aromatic hydroxyl groups is 2. The van der Waals surface area contributed by atoms with Crippen molar-refractivity contribution in [3.63, 3.8) is 0 Å². The number of alkyl halides is 3. The second kappa shape index (κ2) is 22.2. The lowest BCUT2D eigenvalue weighted by atomic mass is 9.86. The number of likely N-dealkylation sites (tertiary alicyclic amines) is 1. The molecular weight excluding hydrogens is 1010 g/mol. The van der Waals surface area contributed by atoms with Gasteiger partial charge >= 0.3 is 6.18 Å². The van der Waals surface area contributed by atoms with Gasteiger partial charge in [-0.3, -0.25) is 9.80 Å². The van der Waals surface area contributed by atoms with Gasteiger partial charge in [-0.25, -0.2) is 9.97 Å². The Labute approximate surface area is 457 Å². The molecule has 6 fully saturated rings. The molecule has 9 heterocycles. The van der Waals surface area contributed by atoms with Crippen molar-refractivity contribution in [1.82, 2.24) is 40.2 Å². The van der Waals surface area contributed by atoms with Gasteiger partial charge in [0.1, 0.15) is 40.6 Å². The van der Waals surface area contributed by atoms with Crippen molar-refractivity contribution in [2.75, 3.05) is 103 Å². The molecule has 1 unspecified atom stereocenters. The second-order valence-corrected chi connectivity index (χ2v) is 21.3. The van der Waals surface area contributed by atoms with Crippen molar-refractivity contribution in [2.24, 2.45) is 5.92 Å². The second-order valence-electron chi connectivity index (χ2n) is 21.3. The minimum atomic E-state index is -4.60. The maximum Gasteiger partial charge on any atom is 0.419 e. The number of pyridine rings is 2. The molecule has 2 aromatic carbocycles. The summed E-state index contributed by atoms with van der Waals surface area (Å²) in [6.07, 6.45) is 1.48. The molecule has 6 aromatic rings. The molecule has 2 bridgehead atoms. The predicted molar refractivity (Wildman–Crippen MR) is 299 cm³/mol. The normalized spacial score (nSPS) is 20.6. The number of nitrogens with two attached hydrogens (primary N) is 2. The lowest BCUT2D eigenvalue weighted by molar-refractivity contribution is -0.138. The molecule has 6 aliphatic rings. The topological polar surface area (TPSA) is 213 Å². The van der Waals surface area contributed by atoms with E-state index in [0.717, 1.165) is 56.7 Å². The number of hydrogen-bond acceptors (Lipinski definition) is 17. The molecule has 0 amide bonds. The van der Waals surface area contributed by atoms with E-state index in [2.05, 4.69) is 86.6 Å². The quantitative estimate of drug-likeness (QED) is 0.103. The van der Waals surface area contributed by atoms with Crippen LogP contribution in [-0.2, 0) is 6.18 Å². The summed E-state index contributed by atoms with van der Waals surface area (Å²) in [5, 5.41) is 50.2. The molecule has 406 valence electrons. The van der Waals surface area contributed by atoms with E-state index in [-0.39, 0.29) is 40.9 Å². The van der Waals surface area contributed by atoms with Crippen LogP contribution in [0.25, 0.3) is 33.6 Å². The third-order valence-electron chi connectivity index (χ3n) is 16.3. The monoisotopic (exact) mass is 1070 g/mol. The van der Waals surface area contributed by atoms with E-state index in [4.69, 9.17) is 16.5 Å². The van der Waals surface area contributed by atoms with Gasteiger partial charge in [-0.2, -0.15) is 18.4 Å². The average molecular weight is 1070 g/mol. The van der Waals surface area contributed by atoms with Crippen LogP contribution in [0.4, 0.5) is 47.8 Å². The van der Waals surface area contributed by atoms with Crippen LogP contribution >= 0.6 is 0 Å². The minimum Gasteiger partial charge on any atom is -0.507 e. The van der Waals surface area contributed by atoms with Crippen molar-refractivity contribution in [3.05, 3.63) is 95.3 Å². The van der Waals surface area contributed by atoms with Crippen molar-refractivity contribution in [1.29, 1.82) is 5.26 Å². The first kappa shape index (κ1) is 52.7. The van der Waals surface area contributed by atoms with Crippen LogP contribution in [0.2, 0.25) is 0 Å². The number of nitrogen functional groups attached to an aromatic ring is 2. The van der Waals surface area contributed by atoms with Gasteiger partial charge in [-0.15, -0.1) is 20.4 Å². The number of anilines is 6. The average Bonchev–Trinajstić information content (AvgIpc) is 4.21. The predicted octanol–water partition coefficient (Wildman–Crippen LogP) is 7.63. The Morgan fingerprint density at radius 1 is 0.633 bits per heavy atom. The van der Waals surface area contributed by atoms with E-state index in [0.29, 0.717) is 127 Å². The Morgan fingerprint density at radius 2 is 1.16 bits per heavy atom. The van der Waals surface area contributed by atoms with E-state index in [9.17, 15) is 28.6 Å². The number of fused-ring (bicyclic) bond motifs is 1. The van der Waals surface area contributed by atoms with Gasteiger partial charge in [-0.1, -0.05) is 24.0 Å². The molecule has 0 spiro atoms. The number of phenolic OH excluding ortho intramolecular Hbond substituents is 2. The standard InChI is InChI=1S/C59H62F3N15O2/c1-37-17-23-73(25-27-76(37)55-15-11-42(35-63)47(66-55)7-6-22-75-36-39-29-43(75)30-39)51-33-49(68-70-57(51)64)44-12-9-40(31-53(44)78)41-10-13-45(54(79)32-41)50-34-52(58(65)71-69-50)74-24-18-38(2)77(28-26-74)56-16-14-46(59(60,61)62)48(67-56)8-5-21-72-19-3-4-20-72/h9-16,31-34,37-39,43,78-79H,3-4,17-30,36H2,1-2H3,(H2,64,70)(H2,65,71)/t37-,38?,39?,43?/m1/s1. The van der Waals surface area contributed by atoms with Gasteiger partial charge in [0, 0.05) is 75.1 Å². The summed E-state index contributed by atoms with van der Waals surface area (Å²) in [5.41, 5.74) is 17.0. The molecule has 20 heteroatoms. The van der Waals surface area contributed by atoms with Crippen LogP contribution in [0.1, 0.15) is 74.9 Å². The van der Waals surface area contributed by atoms with Crippen LogP contribution in [0, 0.1) is 40.9 Å². The summed E-state index contributed by atoms with van der Waals surface area (Å²) in [4.78, 5) is 22.4. The Bertz CT molecular complexity index is 3440. The zero-order valence-electron chi connectivity index (χ0n) is 44.3. The van der Waals surface area contributed by atoms with Crippen LogP contribution in [0.15, 0.2) is 72.8 Å². The zero-order chi connectivity index (χ0) is 55.0. The highest BCUT2D eigenvalue weighted by molar-refractivity contribution is 5.81. The number of aromatic nitrogens is 6. The van der Waals surface area contributed by atoms with Gasteiger partial charge in [-0.05, 0) is 155 Å². The van der Waals surface area contributed by atoms with E-state index < -0.39 is 11.7 Å². The van der Waals surface area contributed by atoms with E-state index in [1.165, 1.54) is 18.9 Å². The van der Waals surface area contributed by atoms with Crippen LogP contribution in [0.3, 0.4) is 0 Å². The van der Waals surface area contributed by atoms with Gasteiger partial charge < -0.3 is 41.3 Å². The Balaban J connectivity index is 0.758. The Morgan fingerprint density at radius 3 is 1.68 bits per heavy atom. The van der Waals surface area contributed by atoms with Gasteiger partial charge in [0.25, 0.3) is 0 Å². The highest BCUT2D eigenvalue weighted by Crippen LogP contribution is 2.41. The Hall–Kier alpha value is -8.38. The highest BCUT2D eigenvalue weighted by Gasteiger charge is 2.42. The number of rotatable bonds is 9. The summed E-state index contributed by atoms with van der Waals surface area (Å²) in [6, 6.07) is 23.1. The summed E-state index contributed by atoms with van der Waals surface area (Å²) in [7, 11) is 0. The molecule has 6 N–H and O–H groups in total. The number of hydrogen-bond donors (Lipinski definition) is 4. The highest BCUT2D eigenvalue weighted by atomic mass is 19.4. The molecule has 0 radical (unpaired) electrons. The molecule has 4 aromatic heterocycles. The molecule has 5 saturated heterocycles. The first-order chi connectivity index (χ1) is 38.2. The van der Waals surface area contributed by atoms with Crippen LogP contribution in [0.5, 0.6) is 11.5 Å². The summed E-state index contributed by atoms with van der Waals surface area (Å²) >= 11 is 0. The maximum atomic E-state index is 14.1. The number of phenols is 2. The third kappa shape index (κ3) is 11.2. The van der Waals surface area contributed by atoms with Crippen molar-refractivity contribution in [2.45, 2.75) is 76.7 Å². The fraction of sp³-hybridized carbons (Fsp3) is 0.407. The van der Waals surface area contributed by atoms with Crippen molar-refractivity contribution >= 4 is 34.6 Å². The lowest BCUT2D eigenvalue weighted by Crippen LogP contribution is -2.35. The van der Waals surface area contributed by atoms with Gasteiger partial charge in [0.15, 0.2) is 11.6 Å². The minimum absolute atomic E-state index is 0.0415. The van der Waals surface area contributed by atoms with E-state index in [1.54, 1.807) is 36.4 Å². The fourth-order valence-electron chi connectivity index (χ4n) is 11.6. The van der Waals surface area contributed by atoms with E-state index in [1.807, 2.05) is 36.1 Å². The van der Waals surface area contributed by atoms with Crippen LogP contribution < -0.4 is 31.1 Å². The van der Waals surface area contributed by atoms with Crippen molar-refractivity contribution < 1.29 is 23.4 Å². The Kier molecular flexibility index (Phi) is 14.8. The summed E-state index contributed by atoms with van der Waals surface area (Å²) in [5.74, 6) is 14.5. The molecule has 5 aliphatic heterocycles. The number of nitriles is 1. The zero-order valence-corrected chi connectivity index (χ0v) is 44.3. The first-order valence-electron chi connectivity index (χ1n) is 27.1. The molecule has 1 saturated carbocycles. The van der Waals surface area contributed by atoms with E-state index >= 15 is 0 Å². The number of benzene rings is 2. The summed E-state index contributed by atoms with van der Waals surface area (Å²) < 4.78 is 42.3. The largest absolute Gasteiger partial charge is 0.507 e. The number of nitrogens with zero attached hydrogens (tertiary/aromatic N) is 13. The molecule has 1 aliphatic carbocycles. The maximum absolute atomic E-state index is 14.1. The lowest BCUT2D eigenvalue weighted by Gasteiger charge is -2.28. The third-order valence-corrected chi connectivity index (χ3v) is 16.3. The molecule has 2 atom stereocenters.